The molecule has 0 bridgehead atoms. The summed E-state index contributed by atoms with van der Waals surface area (Å²) < 4.78 is 5.91. The number of benzene rings is 3. The zero-order valence-electron chi connectivity index (χ0n) is 20.2. The van der Waals surface area contributed by atoms with Gasteiger partial charge in [-0.2, -0.15) is 5.10 Å². The second kappa shape index (κ2) is 11.9. The summed E-state index contributed by atoms with van der Waals surface area (Å²) in [6, 6.07) is 21.0. The number of hydrogen-bond acceptors (Lipinski definition) is 6. The molecule has 9 heteroatoms. The van der Waals surface area contributed by atoms with E-state index >= 15 is 0 Å². The van der Waals surface area contributed by atoms with Crippen LogP contribution in [0.3, 0.4) is 0 Å². The number of nitrogens with zero attached hydrogens (tertiary/aromatic N) is 2. The van der Waals surface area contributed by atoms with Gasteiger partial charge in [0.05, 0.1) is 12.6 Å². The van der Waals surface area contributed by atoms with Crippen molar-refractivity contribution in [2.75, 3.05) is 6.54 Å². The molecule has 1 unspecified atom stereocenters. The van der Waals surface area contributed by atoms with E-state index in [9.17, 15) is 19.5 Å². The van der Waals surface area contributed by atoms with E-state index in [0.29, 0.717) is 24.3 Å². The maximum atomic E-state index is 13.3. The molecule has 0 spiro atoms. The minimum Gasteiger partial charge on any atom is -0.489 e. The lowest BCUT2D eigenvalue weighted by atomic mass is 9.96. The number of amides is 2. The highest BCUT2D eigenvalue weighted by Crippen LogP contribution is 2.26. The Morgan fingerprint density at radius 3 is 2.54 bits per heavy atom. The van der Waals surface area contributed by atoms with E-state index in [1.54, 1.807) is 18.3 Å². The molecule has 1 atom stereocenters. The predicted molar refractivity (Wildman–Crippen MR) is 138 cm³/mol. The highest BCUT2D eigenvalue weighted by molar-refractivity contribution is 6.00. The van der Waals surface area contributed by atoms with Crippen LogP contribution in [0.25, 0.3) is 0 Å². The van der Waals surface area contributed by atoms with Crippen LogP contribution in [0.4, 0.5) is 0 Å². The number of nitrogens with one attached hydrogen (secondary N) is 1. The highest BCUT2D eigenvalue weighted by Gasteiger charge is 2.35. The van der Waals surface area contributed by atoms with E-state index in [-0.39, 0.29) is 19.0 Å². The quantitative estimate of drug-likeness (QED) is 0.223. The maximum Gasteiger partial charge on any atom is 0.305 e. The van der Waals surface area contributed by atoms with Gasteiger partial charge in [-0.05, 0) is 46.9 Å². The molecule has 9 nitrogen and oxygen atoms in total. The van der Waals surface area contributed by atoms with E-state index in [0.717, 1.165) is 22.3 Å². The number of hydrazone groups is 1. The molecule has 1 heterocycles. The van der Waals surface area contributed by atoms with Crippen LogP contribution in [0.1, 0.15) is 39.0 Å². The van der Waals surface area contributed by atoms with Gasteiger partial charge < -0.3 is 25.9 Å². The number of carboxylic acids is 1. The largest absolute Gasteiger partial charge is 0.489 e. The molecule has 4 N–H and O–H groups in total. The van der Waals surface area contributed by atoms with E-state index < -0.39 is 24.3 Å². The maximum absolute atomic E-state index is 13.3. The van der Waals surface area contributed by atoms with Crippen LogP contribution in [-0.2, 0) is 29.2 Å². The molecular formula is C28H28N4O5. The fourth-order valence-electron chi connectivity index (χ4n) is 4.24. The summed E-state index contributed by atoms with van der Waals surface area (Å²) in [6.07, 6.45) is 1.56. The molecule has 0 radical (unpaired) electrons. The number of ether oxygens (including phenoxy) is 1. The third-order valence-electron chi connectivity index (χ3n) is 6.16. The summed E-state index contributed by atoms with van der Waals surface area (Å²) in [4.78, 5) is 39.1. The van der Waals surface area contributed by atoms with Crippen LogP contribution in [0.2, 0.25) is 0 Å². The van der Waals surface area contributed by atoms with Crippen molar-refractivity contribution in [3.63, 3.8) is 0 Å². The molecule has 1 aliphatic rings. The SMILES string of the molecule is NN=Cc1ccc(COc2ccc3c(c2)CCN(C(CC(=O)O)C(=O)NCc2ccccc2)C3=O)cc1. The van der Waals surface area contributed by atoms with Crippen molar-refractivity contribution < 1.29 is 24.2 Å². The van der Waals surface area contributed by atoms with Crippen LogP contribution in [0.5, 0.6) is 5.75 Å². The zero-order valence-corrected chi connectivity index (χ0v) is 20.2. The molecule has 37 heavy (non-hydrogen) atoms. The summed E-state index contributed by atoms with van der Waals surface area (Å²) in [5, 5.41) is 15.7. The number of carboxylic acid groups (broad SMARTS) is 1. The van der Waals surface area contributed by atoms with E-state index in [2.05, 4.69) is 10.4 Å². The van der Waals surface area contributed by atoms with Gasteiger partial charge in [0.15, 0.2) is 0 Å². The molecule has 0 fully saturated rings. The third kappa shape index (κ3) is 6.52. The number of aliphatic carboxylic acids is 1. The Balaban J connectivity index is 1.43. The predicted octanol–water partition coefficient (Wildman–Crippen LogP) is 2.72. The van der Waals surface area contributed by atoms with Crippen molar-refractivity contribution in [3.05, 3.63) is 101 Å². The van der Waals surface area contributed by atoms with E-state index in [1.165, 1.54) is 4.90 Å². The summed E-state index contributed by atoms with van der Waals surface area (Å²) in [5.41, 5.74) is 3.97. The van der Waals surface area contributed by atoms with Crippen LogP contribution in [-0.4, -0.2) is 46.6 Å². The molecule has 0 aliphatic carbocycles. The molecule has 1 aliphatic heterocycles. The summed E-state index contributed by atoms with van der Waals surface area (Å²) in [5.74, 6) is 3.78. The Hall–Kier alpha value is -4.66. The number of carbonyl (C=O) groups excluding carboxylic acids is 2. The van der Waals surface area contributed by atoms with Gasteiger partial charge in [-0.3, -0.25) is 14.4 Å². The Morgan fingerprint density at radius 1 is 1.08 bits per heavy atom. The fourth-order valence-corrected chi connectivity index (χ4v) is 4.24. The van der Waals surface area contributed by atoms with Crippen molar-refractivity contribution in [3.8, 4) is 5.75 Å². The first-order valence-corrected chi connectivity index (χ1v) is 11.9. The Morgan fingerprint density at radius 2 is 1.84 bits per heavy atom. The molecule has 2 amide bonds. The summed E-state index contributed by atoms with van der Waals surface area (Å²) in [7, 11) is 0. The lowest BCUT2D eigenvalue weighted by Gasteiger charge is -2.34. The second-order valence-electron chi connectivity index (χ2n) is 8.69. The van der Waals surface area contributed by atoms with E-state index in [4.69, 9.17) is 10.6 Å². The lowest BCUT2D eigenvalue weighted by molar-refractivity contribution is -0.141. The smallest absolute Gasteiger partial charge is 0.305 e. The van der Waals surface area contributed by atoms with Crippen LogP contribution in [0, 0.1) is 0 Å². The molecular weight excluding hydrogens is 472 g/mol. The van der Waals surface area contributed by atoms with Crippen molar-refractivity contribution in [2.45, 2.75) is 32.0 Å². The topological polar surface area (TPSA) is 134 Å². The molecule has 190 valence electrons. The second-order valence-corrected chi connectivity index (χ2v) is 8.69. The molecule has 3 aromatic carbocycles. The molecule has 3 aromatic rings. The van der Waals surface area contributed by atoms with Crippen molar-refractivity contribution >= 4 is 24.0 Å². The molecule has 0 aromatic heterocycles. The first-order valence-electron chi connectivity index (χ1n) is 11.9. The lowest BCUT2D eigenvalue weighted by Crippen LogP contribution is -2.52. The standard InChI is InChI=1S/C28H28N4O5/c29-31-17-20-6-8-21(9-7-20)18-37-23-10-11-24-22(14-23)12-13-32(28(24)36)25(15-26(33)34)27(35)30-16-19-4-2-1-3-5-19/h1-11,14,17,25H,12-13,15-16,18,29H2,(H,30,35)(H,33,34). The zero-order chi connectivity index (χ0) is 26.2. The monoisotopic (exact) mass is 500 g/mol. The van der Waals surface area contributed by atoms with Gasteiger partial charge in [-0.1, -0.05) is 54.6 Å². The Labute approximate surface area is 214 Å². The average Bonchev–Trinajstić information content (AvgIpc) is 2.91. The normalized spacial score (nSPS) is 13.7. The van der Waals surface area contributed by atoms with Gasteiger partial charge >= 0.3 is 5.97 Å². The molecule has 0 saturated heterocycles. The van der Waals surface area contributed by atoms with Gasteiger partial charge in [-0.15, -0.1) is 0 Å². The van der Waals surface area contributed by atoms with Crippen molar-refractivity contribution in [1.29, 1.82) is 0 Å². The molecule has 4 rings (SSSR count). The average molecular weight is 501 g/mol. The first kappa shape index (κ1) is 25.4. The fraction of sp³-hybridized carbons (Fsp3) is 0.214. The van der Waals surface area contributed by atoms with Crippen LogP contribution >= 0.6 is 0 Å². The van der Waals surface area contributed by atoms with Crippen LogP contribution < -0.4 is 15.9 Å². The van der Waals surface area contributed by atoms with Crippen LogP contribution in [0.15, 0.2) is 77.9 Å². The number of carbonyl (C=O) groups is 3. The van der Waals surface area contributed by atoms with Crippen molar-refractivity contribution in [1.82, 2.24) is 10.2 Å². The first-order chi connectivity index (χ1) is 17.9. The van der Waals surface area contributed by atoms with Gasteiger partial charge in [0.2, 0.25) is 5.91 Å². The van der Waals surface area contributed by atoms with Crippen molar-refractivity contribution in [2.24, 2.45) is 10.9 Å². The number of rotatable bonds is 10. The Kier molecular flexibility index (Phi) is 8.15. The highest BCUT2D eigenvalue weighted by atomic mass is 16.5. The van der Waals surface area contributed by atoms with Gasteiger partial charge in [0.25, 0.3) is 5.91 Å². The summed E-state index contributed by atoms with van der Waals surface area (Å²) >= 11 is 0. The Bertz CT molecular complexity index is 1290. The molecule has 0 saturated carbocycles. The minimum atomic E-state index is -1.15. The van der Waals surface area contributed by atoms with Gasteiger partial charge in [-0.25, -0.2) is 0 Å². The number of nitrogens with two attached hydrogens (primary N) is 1. The number of hydrogen-bond donors (Lipinski definition) is 3. The summed E-state index contributed by atoms with van der Waals surface area (Å²) in [6.45, 7) is 0.829. The third-order valence-corrected chi connectivity index (χ3v) is 6.16. The van der Waals surface area contributed by atoms with Gasteiger partial charge in [0, 0.05) is 18.7 Å². The minimum absolute atomic E-state index is 0.232. The number of fused-ring (bicyclic) bond motifs is 1. The van der Waals surface area contributed by atoms with E-state index in [1.807, 2.05) is 60.7 Å². The van der Waals surface area contributed by atoms with Gasteiger partial charge in [0.1, 0.15) is 18.4 Å².